The summed E-state index contributed by atoms with van der Waals surface area (Å²) in [5, 5.41) is 8.84. The molecule has 1 heterocycles. The number of carboxylic acids is 1. The predicted molar refractivity (Wildman–Crippen MR) is 66.7 cm³/mol. The van der Waals surface area contributed by atoms with Crippen LogP contribution in [0.15, 0.2) is 10.5 Å². The van der Waals surface area contributed by atoms with Crippen molar-refractivity contribution < 1.29 is 19.1 Å². The fraction of sp³-hybridized carbons (Fsp3) is 0.643. The molecule has 0 saturated heterocycles. The van der Waals surface area contributed by atoms with Gasteiger partial charge in [0.2, 0.25) is 5.76 Å². The lowest BCUT2D eigenvalue weighted by atomic mass is 10.1. The number of carboxylic acid groups (broad SMARTS) is 1. The Kier molecular flexibility index (Phi) is 4.42. The normalized spacial score (nSPS) is 17.6. The van der Waals surface area contributed by atoms with Crippen molar-refractivity contribution in [1.82, 2.24) is 0 Å². The number of aryl methyl sites for hydroxylation is 1. The van der Waals surface area contributed by atoms with Gasteiger partial charge in [-0.1, -0.05) is 25.7 Å². The SMILES string of the molecule is Cc1oc(C(=O)O)cc1COC1CCCCCC1. The highest BCUT2D eigenvalue weighted by Gasteiger charge is 2.16. The van der Waals surface area contributed by atoms with E-state index >= 15 is 0 Å². The monoisotopic (exact) mass is 252 g/mol. The molecule has 0 aromatic carbocycles. The number of aromatic carboxylic acids is 1. The van der Waals surface area contributed by atoms with Crippen LogP contribution in [0.3, 0.4) is 0 Å². The van der Waals surface area contributed by atoms with E-state index in [9.17, 15) is 4.79 Å². The van der Waals surface area contributed by atoms with Gasteiger partial charge >= 0.3 is 5.97 Å². The number of rotatable bonds is 4. The third-order valence-electron chi connectivity index (χ3n) is 3.51. The van der Waals surface area contributed by atoms with E-state index in [1.807, 2.05) is 0 Å². The van der Waals surface area contributed by atoms with Crippen molar-refractivity contribution in [2.75, 3.05) is 0 Å². The zero-order valence-electron chi connectivity index (χ0n) is 10.8. The summed E-state index contributed by atoms with van der Waals surface area (Å²) < 4.78 is 11.0. The standard InChI is InChI=1S/C14H20O4/c1-10-11(8-13(18-10)14(15)16)9-17-12-6-4-2-3-5-7-12/h8,12H,2-7,9H2,1H3,(H,15,16). The molecule has 0 amide bonds. The molecule has 1 N–H and O–H groups in total. The van der Waals surface area contributed by atoms with Crippen LogP contribution in [-0.2, 0) is 11.3 Å². The van der Waals surface area contributed by atoms with Crippen molar-refractivity contribution in [2.24, 2.45) is 0 Å². The van der Waals surface area contributed by atoms with Gasteiger partial charge in [-0.2, -0.15) is 0 Å². The molecule has 4 nitrogen and oxygen atoms in total. The van der Waals surface area contributed by atoms with E-state index in [1.165, 1.54) is 25.7 Å². The van der Waals surface area contributed by atoms with Gasteiger partial charge in [-0.05, 0) is 25.8 Å². The van der Waals surface area contributed by atoms with E-state index in [2.05, 4.69) is 0 Å². The molecular weight excluding hydrogens is 232 g/mol. The molecule has 1 aliphatic carbocycles. The minimum absolute atomic E-state index is 0.00744. The van der Waals surface area contributed by atoms with E-state index in [-0.39, 0.29) is 5.76 Å². The Morgan fingerprint density at radius 3 is 2.61 bits per heavy atom. The molecule has 0 aliphatic heterocycles. The number of carbonyl (C=O) groups is 1. The van der Waals surface area contributed by atoms with Crippen molar-refractivity contribution in [3.8, 4) is 0 Å². The Morgan fingerprint density at radius 1 is 1.39 bits per heavy atom. The Morgan fingerprint density at radius 2 is 2.06 bits per heavy atom. The van der Waals surface area contributed by atoms with Gasteiger partial charge in [0.05, 0.1) is 12.7 Å². The molecule has 0 unspecified atom stereocenters. The van der Waals surface area contributed by atoms with E-state index in [4.69, 9.17) is 14.3 Å². The van der Waals surface area contributed by atoms with Crippen molar-refractivity contribution in [1.29, 1.82) is 0 Å². The molecular formula is C14H20O4. The van der Waals surface area contributed by atoms with Crippen LogP contribution in [0.4, 0.5) is 0 Å². The Hall–Kier alpha value is -1.29. The quantitative estimate of drug-likeness (QED) is 0.833. The molecule has 1 saturated carbocycles. The summed E-state index contributed by atoms with van der Waals surface area (Å²) in [6, 6.07) is 1.56. The predicted octanol–water partition coefficient (Wildman–Crippen LogP) is 3.53. The molecule has 18 heavy (non-hydrogen) atoms. The van der Waals surface area contributed by atoms with Crippen molar-refractivity contribution in [2.45, 2.75) is 58.2 Å². The van der Waals surface area contributed by atoms with Gasteiger partial charge in [0.15, 0.2) is 0 Å². The molecule has 0 spiro atoms. The lowest BCUT2D eigenvalue weighted by molar-refractivity contribution is 0.0304. The fourth-order valence-electron chi connectivity index (χ4n) is 2.38. The van der Waals surface area contributed by atoms with Crippen molar-refractivity contribution in [3.63, 3.8) is 0 Å². The van der Waals surface area contributed by atoms with Crippen LogP contribution in [0.25, 0.3) is 0 Å². The maximum Gasteiger partial charge on any atom is 0.371 e. The average molecular weight is 252 g/mol. The van der Waals surface area contributed by atoms with Gasteiger partial charge in [-0.25, -0.2) is 4.79 Å². The summed E-state index contributed by atoms with van der Waals surface area (Å²) in [5.74, 6) is -0.396. The second-order valence-electron chi connectivity index (χ2n) is 4.92. The van der Waals surface area contributed by atoms with Crippen molar-refractivity contribution >= 4 is 5.97 Å². The Bertz CT molecular complexity index is 400. The van der Waals surface area contributed by atoms with Crippen LogP contribution in [0, 0.1) is 6.92 Å². The third kappa shape index (κ3) is 3.35. The van der Waals surface area contributed by atoms with Gasteiger partial charge in [0.1, 0.15) is 5.76 Å². The molecule has 1 fully saturated rings. The highest BCUT2D eigenvalue weighted by Crippen LogP contribution is 2.22. The number of furan rings is 1. The first-order valence-corrected chi connectivity index (χ1v) is 6.61. The lowest BCUT2D eigenvalue weighted by Crippen LogP contribution is -2.11. The van der Waals surface area contributed by atoms with Gasteiger partial charge in [-0.3, -0.25) is 0 Å². The largest absolute Gasteiger partial charge is 0.475 e. The topological polar surface area (TPSA) is 59.7 Å². The van der Waals surface area contributed by atoms with Crippen LogP contribution in [0.2, 0.25) is 0 Å². The first-order valence-electron chi connectivity index (χ1n) is 6.61. The van der Waals surface area contributed by atoms with Gasteiger partial charge < -0.3 is 14.3 Å². The molecule has 0 bridgehead atoms. The summed E-state index contributed by atoms with van der Waals surface area (Å²) >= 11 is 0. The minimum atomic E-state index is -1.03. The van der Waals surface area contributed by atoms with E-state index in [0.29, 0.717) is 18.5 Å². The highest BCUT2D eigenvalue weighted by molar-refractivity contribution is 5.84. The molecule has 100 valence electrons. The summed E-state index contributed by atoms with van der Waals surface area (Å²) in [7, 11) is 0. The van der Waals surface area contributed by atoms with Crippen LogP contribution >= 0.6 is 0 Å². The Balaban J connectivity index is 1.90. The third-order valence-corrected chi connectivity index (χ3v) is 3.51. The summed E-state index contributed by atoms with van der Waals surface area (Å²) in [6.45, 7) is 2.23. The first-order chi connectivity index (χ1) is 8.66. The molecule has 1 aromatic heterocycles. The zero-order valence-corrected chi connectivity index (χ0v) is 10.8. The number of ether oxygens (including phenoxy) is 1. The van der Waals surface area contributed by atoms with Gasteiger partial charge in [0, 0.05) is 5.56 Å². The van der Waals surface area contributed by atoms with Crippen LogP contribution in [-0.4, -0.2) is 17.2 Å². The van der Waals surface area contributed by atoms with Crippen molar-refractivity contribution in [3.05, 3.63) is 23.2 Å². The zero-order chi connectivity index (χ0) is 13.0. The fourth-order valence-corrected chi connectivity index (χ4v) is 2.38. The average Bonchev–Trinajstić information content (AvgIpc) is 2.56. The van der Waals surface area contributed by atoms with E-state index in [1.54, 1.807) is 13.0 Å². The highest BCUT2D eigenvalue weighted by atomic mass is 16.5. The van der Waals surface area contributed by atoms with Gasteiger partial charge in [0.25, 0.3) is 0 Å². The lowest BCUT2D eigenvalue weighted by Gasteiger charge is -2.14. The smallest absolute Gasteiger partial charge is 0.371 e. The van der Waals surface area contributed by atoms with E-state index in [0.717, 1.165) is 18.4 Å². The molecule has 2 rings (SSSR count). The Labute approximate surface area is 107 Å². The molecule has 0 radical (unpaired) electrons. The number of hydrogen-bond acceptors (Lipinski definition) is 3. The van der Waals surface area contributed by atoms with Crippen LogP contribution in [0.1, 0.15) is 60.4 Å². The molecule has 0 atom stereocenters. The second-order valence-corrected chi connectivity index (χ2v) is 4.92. The molecule has 1 aliphatic rings. The maximum atomic E-state index is 10.8. The minimum Gasteiger partial charge on any atom is -0.475 e. The first kappa shape index (κ1) is 13.1. The van der Waals surface area contributed by atoms with Crippen LogP contribution < -0.4 is 0 Å². The summed E-state index contributed by atoms with van der Waals surface area (Å²) in [4.78, 5) is 10.8. The van der Waals surface area contributed by atoms with E-state index < -0.39 is 5.97 Å². The molecule has 4 heteroatoms. The van der Waals surface area contributed by atoms with Crippen LogP contribution in [0.5, 0.6) is 0 Å². The van der Waals surface area contributed by atoms with Gasteiger partial charge in [-0.15, -0.1) is 0 Å². The second kappa shape index (κ2) is 6.05. The number of hydrogen-bond donors (Lipinski definition) is 1. The summed E-state index contributed by atoms with van der Waals surface area (Å²) in [5.41, 5.74) is 0.844. The summed E-state index contributed by atoms with van der Waals surface area (Å²) in [6.07, 6.45) is 7.60. The molecule has 1 aromatic rings. The maximum absolute atomic E-state index is 10.8.